The molecule has 0 aromatic heterocycles. The predicted molar refractivity (Wildman–Crippen MR) is 114 cm³/mol. The van der Waals surface area contributed by atoms with Gasteiger partial charge in [-0.15, -0.1) is 0 Å². The first kappa shape index (κ1) is 22.1. The number of carbonyl (C=O) groups is 1. The number of carbonyl (C=O) groups excluding carboxylic acids is 1. The molecule has 1 aromatic rings. The van der Waals surface area contributed by atoms with Gasteiger partial charge in [-0.2, -0.15) is 0 Å². The summed E-state index contributed by atoms with van der Waals surface area (Å²) in [7, 11) is 0. The van der Waals surface area contributed by atoms with Gasteiger partial charge in [0.05, 0.1) is 12.3 Å². The Morgan fingerprint density at radius 1 is 1.25 bits per heavy atom. The molecule has 1 aliphatic rings. The van der Waals surface area contributed by atoms with E-state index in [2.05, 4.69) is 28.5 Å². The lowest BCUT2D eigenvalue weighted by Crippen LogP contribution is -2.45. The number of rotatable bonds is 7. The highest BCUT2D eigenvalue weighted by Gasteiger charge is 2.21. The Bertz CT molecular complexity index is 650. The summed E-state index contributed by atoms with van der Waals surface area (Å²) in [6, 6.07) is 4.51. The molecule has 1 aliphatic heterocycles. The van der Waals surface area contributed by atoms with Crippen molar-refractivity contribution in [3.8, 4) is 5.75 Å². The van der Waals surface area contributed by atoms with Gasteiger partial charge in [-0.1, -0.05) is 0 Å². The molecule has 7 heteroatoms. The number of piperidine rings is 1. The van der Waals surface area contributed by atoms with Crippen molar-refractivity contribution >= 4 is 17.5 Å². The van der Waals surface area contributed by atoms with Gasteiger partial charge in [0.25, 0.3) is 0 Å². The number of benzene rings is 1. The highest BCUT2D eigenvalue weighted by Crippen LogP contribution is 2.33. The number of nitrogens with one attached hydrogen (secondary N) is 2. The summed E-state index contributed by atoms with van der Waals surface area (Å²) in [5.41, 5.74) is 8.66. The summed E-state index contributed by atoms with van der Waals surface area (Å²) in [5.74, 6) is 0.761. The van der Waals surface area contributed by atoms with Crippen molar-refractivity contribution in [2.45, 2.75) is 59.1 Å². The first-order valence-electron chi connectivity index (χ1n) is 10.2. The quantitative estimate of drug-likeness (QED) is 0.488. The third-order valence-corrected chi connectivity index (χ3v) is 4.69. The molecule has 1 heterocycles. The van der Waals surface area contributed by atoms with Crippen molar-refractivity contribution in [3.05, 3.63) is 17.7 Å². The fourth-order valence-corrected chi connectivity index (χ4v) is 3.40. The standard InChI is InChI=1S/C21H36N4O3/c1-6-27-19-14-18(15(2)13-17(19)22)25-11-7-16(8-12-25)23-9-10-24-20(26)28-21(3,4)5/h13-14,16,23H,6-12,22H2,1-5H3,(H,24,26). The predicted octanol–water partition coefficient (Wildman–Crippen LogP) is 3.06. The Morgan fingerprint density at radius 2 is 1.93 bits per heavy atom. The maximum absolute atomic E-state index is 11.7. The number of hydrogen-bond acceptors (Lipinski definition) is 6. The lowest BCUT2D eigenvalue weighted by Gasteiger charge is -2.35. The van der Waals surface area contributed by atoms with Crippen LogP contribution in [0.4, 0.5) is 16.2 Å². The van der Waals surface area contributed by atoms with Crippen LogP contribution in [-0.4, -0.2) is 50.5 Å². The molecule has 0 saturated carbocycles. The SMILES string of the molecule is CCOc1cc(N2CCC(NCCNC(=O)OC(C)(C)C)CC2)c(C)cc1N. The number of nitrogen functional groups attached to an aromatic ring is 1. The van der Waals surface area contributed by atoms with Gasteiger partial charge in [-0.05, 0) is 59.1 Å². The minimum Gasteiger partial charge on any atom is -0.492 e. The van der Waals surface area contributed by atoms with Crippen molar-refractivity contribution in [3.63, 3.8) is 0 Å². The summed E-state index contributed by atoms with van der Waals surface area (Å²) < 4.78 is 10.9. The van der Waals surface area contributed by atoms with Gasteiger partial charge >= 0.3 is 6.09 Å². The molecule has 1 amide bonds. The van der Waals surface area contributed by atoms with E-state index in [1.165, 1.54) is 11.3 Å². The summed E-state index contributed by atoms with van der Waals surface area (Å²) >= 11 is 0. The fourth-order valence-electron chi connectivity index (χ4n) is 3.40. The molecule has 158 valence electrons. The van der Waals surface area contributed by atoms with E-state index in [-0.39, 0.29) is 6.09 Å². The minimum absolute atomic E-state index is 0.368. The number of amides is 1. The zero-order valence-corrected chi connectivity index (χ0v) is 17.9. The zero-order valence-electron chi connectivity index (χ0n) is 17.9. The number of nitrogens with zero attached hydrogens (tertiary/aromatic N) is 1. The summed E-state index contributed by atoms with van der Waals surface area (Å²) in [5, 5.41) is 6.31. The summed E-state index contributed by atoms with van der Waals surface area (Å²) in [6.45, 7) is 13.5. The first-order chi connectivity index (χ1) is 13.2. The zero-order chi connectivity index (χ0) is 20.7. The van der Waals surface area contributed by atoms with Gasteiger partial charge in [0.1, 0.15) is 11.4 Å². The molecular formula is C21H36N4O3. The van der Waals surface area contributed by atoms with Crippen molar-refractivity contribution in [1.29, 1.82) is 0 Å². The Balaban J connectivity index is 1.76. The van der Waals surface area contributed by atoms with E-state index in [1.54, 1.807) is 0 Å². The van der Waals surface area contributed by atoms with Crippen molar-refractivity contribution in [2.24, 2.45) is 0 Å². The first-order valence-corrected chi connectivity index (χ1v) is 10.2. The molecule has 7 nitrogen and oxygen atoms in total. The number of anilines is 2. The fraction of sp³-hybridized carbons (Fsp3) is 0.667. The van der Waals surface area contributed by atoms with Crippen LogP contribution in [0.15, 0.2) is 12.1 Å². The van der Waals surface area contributed by atoms with E-state index in [4.69, 9.17) is 15.2 Å². The van der Waals surface area contributed by atoms with Crippen LogP contribution in [0.2, 0.25) is 0 Å². The molecule has 0 spiro atoms. The number of hydrogen-bond donors (Lipinski definition) is 3. The Kier molecular flexibility index (Phi) is 7.80. The largest absolute Gasteiger partial charge is 0.492 e. The molecule has 28 heavy (non-hydrogen) atoms. The van der Waals surface area contributed by atoms with Gasteiger partial charge in [0, 0.05) is 44.0 Å². The van der Waals surface area contributed by atoms with Gasteiger partial charge in [0.15, 0.2) is 0 Å². The lowest BCUT2D eigenvalue weighted by atomic mass is 10.0. The molecule has 4 N–H and O–H groups in total. The Morgan fingerprint density at radius 3 is 2.54 bits per heavy atom. The summed E-state index contributed by atoms with van der Waals surface area (Å²) in [6.07, 6.45) is 1.74. The van der Waals surface area contributed by atoms with Crippen LogP contribution in [0.3, 0.4) is 0 Å². The molecule has 0 aliphatic carbocycles. The maximum atomic E-state index is 11.7. The smallest absolute Gasteiger partial charge is 0.407 e. The number of aryl methyl sites for hydroxylation is 1. The normalized spacial score (nSPS) is 15.4. The van der Waals surface area contributed by atoms with E-state index < -0.39 is 5.60 Å². The van der Waals surface area contributed by atoms with E-state index in [1.807, 2.05) is 33.8 Å². The molecule has 2 rings (SSSR count). The van der Waals surface area contributed by atoms with Crippen LogP contribution in [0.25, 0.3) is 0 Å². The second-order valence-corrected chi connectivity index (χ2v) is 8.25. The monoisotopic (exact) mass is 392 g/mol. The molecule has 0 radical (unpaired) electrons. The molecule has 1 aromatic carbocycles. The van der Waals surface area contributed by atoms with Gasteiger partial charge in [0.2, 0.25) is 0 Å². The van der Waals surface area contributed by atoms with Crippen LogP contribution >= 0.6 is 0 Å². The van der Waals surface area contributed by atoms with Crippen molar-refractivity contribution < 1.29 is 14.3 Å². The van der Waals surface area contributed by atoms with Crippen molar-refractivity contribution in [2.75, 3.05) is 43.4 Å². The topological polar surface area (TPSA) is 88.8 Å². The third kappa shape index (κ3) is 6.78. The second-order valence-electron chi connectivity index (χ2n) is 8.25. The van der Waals surface area contributed by atoms with Crippen molar-refractivity contribution in [1.82, 2.24) is 10.6 Å². The van der Waals surface area contributed by atoms with Gasteiger partial charge in [-0.3, -0.25) is 0 Å². The van der Waals surface area contributed by atoms with Gasteiger partial charge in [-0.25, -0.2) is 4.79 Å². The molecule has 1 fully saturated rings. The molecule has 1 saturated heterocycles. The van der Waals surface area contributed by atoms with E-state index in [0.29, 0.717) is 24.9 Å². The van der Waals surface area contributed by atoms with E-state index in [9.17, 15) is 4.79 Å². The second kappa shape index (κ2) is 9.87. The molecule has 0 atom stereocenters. The highest BCUT2D eigenvalue weighted by atomic mass is 16.6. The molecule has 0 bridgehead atoms. The number of ether oxygens (including phenoxy) is 2. The van der Waals surface area contributed by atoms with Crippen LogP contribution in [-0.2, 0) is 4.74 Å². The third-order valence-electron chi connectivity index (χ3n) is 4.69. The lowest BCUT2D eigenvalue weighted by molar-refractivity contribution is 0.0528. The Labute approximate surface area is 168 Å². The van der Waals surface area contributed by atoms with Crippen LogP contribution in [0.5, 0.6) is 5.75 Å². The summed E-state index contributed by atoms with van der Waals surface area (Å²) in [4.78, 5) is 14.0. The van der Waals surface area contributed by atoms with Crippen LogP contribution in [0.1, 0.15) is 46.1 Å². The van der Waals surface area contributed by atoms with Crippen LogP contribution in [0, 0.1) is 6.92 Å². The number of nitrogens with two attached hydrogens (primary N) is 1. The maximum Gasteiger partial charge on any atom is 0.407 e. The van der Waals surface area contributed by atoms with Crippen LogP contribution < -0.4 is 26.0 Å². The minimum atomic E-state index is -0.466. The molecule has 0 unspecified atom stereocenters. The average molecular weight is 393 g/mol. The van der Waals surface area contributed by atoms with E-state index in [0.717, 1.165) is 38.2 Å². The highest BCUT2D eigenvalue weighted by molar-refractivity contribution is 5.67. The number of alkyl carbamates (subject to hydrolysis) is 1. The molecular weight excluding hydrogens is 356 g/mol. The van der Waals surface area contributed by atoms with E-state index >= 15 is 0 Å². The average Bonchev–Trinajstić information content (AvgIpc) is 2.60. The Hall–Kier alpha value is -2.15. The van der Waals surface area contributed by atoms with Gasteiger partial charge < -0.3 is 30.7 Å².